The molecule has 0 aliphatic heterocycles. The summed E-state index contributed by atoms with van der Waals surface area (Å²) >= 11 is 0. The number of carbonyl (C=O) groups is 1. The molecule has 2 N–H and O–H groups in total. The zero-order chi connectivity index (χ0) is 14.2. The number of nitrogens with one attached hydrogen (secondary N) is 1. The van der Waals surface area contributed by atoms with Gasteiger partial charge in [0.25, 0.3) is 0 Å². The first-order valence-electron chi connectivity index (χ1n) is 6.46. The van der Waals surface area contributed by atoms with Crippen molar-refractivity contribution < 1.29 is 14.6 Å². The van der Waals surface area contributed by atoms with Crippen LogP contribution in [0.4, 0.5) is 5.69 Å². The molecule has 0 radical (unpaired) electrons. The molecule has 0 bridgehead atoms. The summed E-state index contributed by atoms with van der Waals surface area (Å²) in [4.78, 5) is 10.5. The van der Waals surface area contributed by atoms with E-state index in [1.165, 1.54) is 0 Å². The van der Waals surface area contributed by atoms with E-state index in [9.17, 15) is 4.79 Å². The molecule has 0 aromatic heterocycles. The summed E-state index contributed by atoms with van der Waals surface area (Å²) in [6.07, 6.45) is 0.0924. The van der Waals surface area contributed by atoms with Crippen molar-refractivity contribution in [3.05, 3.63) is 60.2 Å². The van der Waals surface area contributed by atoms with E-state index in [0.29, 0.717) is 13.2 Å². The number of aliphatic carboxylic acids is 1. The topological polar surface area (TPSA) is 58.6 Å². The lowest BCUT2D eigenvalue weighted by molar-refractivity contribution is -0.136. The Balaban J connectivity index is 1.87. The highest BCUT2D eigenvalue weighted by Crippen LogP contribution is 2.18. The van der Waals surface area contributed by atoms with Crippen LogP contribution in [0.2, 0.25) is 0 Å². The number of hydrogen-bond acceptors (Lipinski definition) is 3. The highest BCUT2D eigenvalue weighted by molar-refractivity contribution is 5.67. The summed E-state index contributed by atoms with van der Waals surface area (Å²) < 4.78 is 5.70. The first kappa shape index (κ1) is 13.9. The second-order valence-electron chi connectivity index (χ2n) is 4.37. The van der Waals surface area contributed by atoms with Gasteiger partial charge in [0.15, 0.2) is 0 Å². The van der Waals surface area contributed by atoms with Crippen LogP contribution in [0, 0.1) is 0 Å². The van der Waals surface area contributed by atoms with Crippen molar-refractivity contribution in [2.75, 3.05) is 11.9 Å². The predicted octanol–water partition coefficient (Wildman–Crippen LogP) is 3.15. The fourth-order valence-corrected chi connectivity index (χ4v) is 1.75. The van der Waals surface area contributed by atoms with Crippen LogP contribution in [-0.4, -0.2) is 17.6 Å². The van der Waals surface area contributed by atoms with Gasteiger partial charge in [-0.2, -0.15) is 0 Å². The number of anilines is 1. The summed E-state index contributed by atoms with van der Waals surface area (Å²) in [5, 5.41) is 11.6. The molecule has 0 aliphatic rings. The molecule has 2 rings (SSSR count). The van der Waals surface area contributed by atoms with E-state index in [0.717, 1.165) is 17.0 Å². The third-order valence-corrected chi connectivity index (χ3v) is 2.75. The molecule has 104 valence electrons. The van der Waals surface area contributed by atoms with Gasteiger partial charge in [-0.1, -0.05) is 36.4 Å². The highest BCUT2D eigenvalue weighted by atomic mass is 16.5. The van der Waals surface area contributed by atoms with Gasteiger partial charge >= 0.3 is 5.97 Å². The van der Waals surface area contributed by atoms with Crippen LogP contribution in [0.25, 0.3) is 0 Å². The second kappa shape index (κ2) is 7.19. The average molecular weight is 271 g/mol. The summed E-state index contributed by atoms with van der Waals surface area (Å²) in [5.74, 6) is -0.0526. The van der Waals surface area contributed by atoms with Gasteiger partial charge < -0.3 is 15.2 Å². The molecule has 0 amide bonds. The number of rotatable bonds is 7. The monoisotopic (exact) mass is 271 g/mol. The van der Waals surface area contributed by atoms with Gasteiger partial charge in [-0.3, -0.25) is 4.79 Å². The van der Waals surface area contributed by atoms with Crippen LogP contribution in [0.1, 0.15) is 12.0 Å². The maximum Gasteiger partial charge on any atom is 0.305 e. The van der Waals surface area contributed by atoms with Crippen molar-refractivity contribution in [2.45, 2.75) is 13.0 Å². The quantitative estimate of drug-likeness (QED) is 0.812. The van der Waals surface area contributed by atoms with Gasteiger partial charge in [0, 0.05) is 18.3 Å². The number of benzene rings is 2. The van der Waals surface area contributed by atoms with Crippen LogP contribution >= 0.6 is 0 Å². The molecule has 0 spiro atoms. The largest absolute Gasteiger partial charge is 0.489 e. The Morgan fingerprint density at radius 1 is 1.10 bits per heavy atom. The van der Waals surface area contributed by atoms with Gasteiger partial charge in [0.2, 0.25) is 0 Å². The molecule has 20 heavy (non-hydrogen) atoms. The van der Waals surface area contributed by atoms with Crippen LogP contribution in [-0.2, 0) is 11.4 Å². The fourth-order valence-electron chi connectivity index (χ4n) is 1.75. The van der Waals surface area contributed by atoms with Crippen molar-refractivity contribution in [3.8, 4) is 5.75 Å². The van der Waals surface area contributed by atoms with Gasteiger partial charge in [0.05, 0.1) is 6.42 Å². The molecule has 0 aliphatic carbocycles. The van der Waals surface area contributed by atoms with Crippen molar-refractivity contribution in [3.63, 3.8) is 0 Å². The van der Waals surface area contributed by atoms with Crippen LogP contribution in [0.5, 0.6) is 5.75 Å². The molecule has 4 heteroatoms. The van der Waals surface area contributed by atoms with Crippen molar-refractivity contribution in [1.29, 1.82) is 0 Å². The minimum absolute atomic E-state index is 0.0924. The zero-order valence-corrected chi connectivity index (χ0v) is 11.1. The van der Waals surface area contributed by atoms with Crippen molar-refractivity contribution >= 4 is 11.7 Å². The third kappa shape index (κ3) is 4.65. The van der Waals surface area contributed by atoms with E-state index in [4.69, 9.17) is 9.84 Å². The van der Waals surface area contributed by atoms with Crippen LogP contribution in [0.15, 0.2) is 54.6 Å². The first-order valence-corrected chi connectivity index (χ1v) is 6.46. The lowest BCUT2D eigenvalue weighted by Gasteiger charge is -2.09. The smallest absolute Gasteiger partial charge is 0.305 e. The standard InChI is InChI=1S/C16H17NO3/c18-16(19)9-10-17-14-7-4-8-15(11-14)20-12-13-5-2-1-3-6-13/h1-8,11,17H,9-10,12H2,(H,18,19). The van der Waals surface area contributed by atoms with Crippen LogP contribution < -0.4 is 10.1 Å². The average Bonchev–Trinajstić information content (AvgIpc) is 2.46. The van der Waals surface area contributed by atoms with Gasteiger partial charge in [-0.05, 0) is 17.7 Å². The number of carboxylic acids is 1. The first-order chi connectivity index (χ1) is 9.74. The summed E-state index contributed by atoms with van der Waals surface area (Å²) in [6.45, 7) is 0.914. The maximum atomic E-state index is 10.5. The normalized spacial score (nSPS) is 10.0. The molecule has 0 saturated carbocycles. The van der Waals surface area contributed by atoms with E-state index in [2.05, 4.69) is 5.32 Å². The molecule has 2 aromatic carbocycles. The highest BCUT2D eigenvalue weighted by Gasteiger charge is 1.99. The second-order valence-corrected chi connectivity index (χ2v) is 4.37. The fraction of sp³-hybridized carbons (Fsp3) is 0.188. The van der Waals surface area contributed by atoms with E-state index < -0.39 is 5.97 Å². The van der Waals surface area contributed by atoms with Gasteiger partial charge in [0.1, 0.15) is 12.4 Å². The Labute approximate surface area is 118 Å². The van der Waals surface area contributed by atoms with Crippen molar-refractivity contribution in [1.82, 2.24) is 0 Å². The Morgan fingerprint density at radius 3 is 2.65 bits per heavy atom. The number of hydrogen-bond donors (Lipinski definition) is 2. The molecular weight excluding hydrogens is 254 g/mol. The SMILES string of the molecule is O=C(O)CCNc1cccc(OCc2ccccc2)c1. The Morgan fingerprint density at radius 2 is 1.90 bits per heavy atom. The molecule has 0 unspecified atom stereocenters. The Kier molecular flexibility index (Phi) is 5.00. The number of carboxylic acid groups (broad SMARTS) is 1. The predicted molar refractivity (Wildman–Crippen MR) is 78.0 cm³/mol. The van der Waals surface area contributed by atoms with E-state index >= 15 is 0 Å². The van der Waals surface area contributed by atoms with Crippen LogP contribution in [0.3, 0.4) is 0 Å². The maximum absolute atomic E-state index is 10.5. The van der Waals surface area contributed by atoms with Gasteiger partial charge in [-0.15, -0.1) is 0 Å². The summed E-state index contributed by atoms with van der Waals surface area (Å²) in [5.41, 5.74) is 1.97. The number of ether oxygens (including phenoxy) is 1. The zero-order valence-electron chi connectivity index (χ0n) is 11.1. The minimum Gasteiger partial charge on any atom is -0.489 e. The summed E-state index contributed by atoms with van der Waals surface area (Å²) in [6, 6.07) is 17.4. The lowest BCUT2D eigenvalue weighted by Crippen LogP contribution is -2.07. The van der Waals surface area contributed by atoms with Crippen molar-refractivity contribution in [2.24, 2.45) is 0 Å². The van der Waals surface area contributed by atoms with E-state index in [1.54, 1.807) is 0 Å². The summed E-state index contributed by atoms with van der Waals surface area (Å²) in [7, 11) is 0. The van der Waals surface area contributed by atoms with Gasteiger partial charge in [-0.25, -0.2) is 0 Å². The molecule has 0 fully saturated rings. The lowest BCUT2D eigenvalue weighted by atomic mass is 10.2. The Hall–Kier alpha value is -2.49. The van der Waals surface area contributed by atoms with E-state index in [1.807, 2.05) is 54.6 Å². The molecule has 4 nitrogen and oxygen atoms in total. The molecule has 0 heterocycles. The Bertz CT molecular complexity index is 555. The third-order valence-electron chi connectivity index (χ3n) is 2.75. The van der Waals surface area contributed by atoms with E-state index in [-0.39, 0.29) is 6.42 Å². The molecular formula is C16H17NO3. The minimum atomic E-state index is -0.811. The molecule has 0 saturated heterocycles. The molecule has 2 aromatic rings. The molecule has 0 atom stereocenters.